The second kappa shape index (κ2) is 7.05. The molecule has 0 bridgehead atoms. The molecule has 1 N–H and O–H groups in total. The van der Waals surface area contributed by atoms with Gasteiger partial charge in [-0.15, -0.1) is 0 Å². The lowest BCUT2D eigenvalue weighted by Crippen LogP contribution is -2.45. The normalized spacial score (nSPS) is 37.1. The third kappa shape index (κ3) is 4.17. The molecule has 0 aromatic rings. The molecular weight excluding hydrogens is 234 g/mol. The van der Waals surface area contributed by atoms with Gasteiger partial charge in [0.1, 0.15) is 0 Å². The second-order valence-electron chi connectivity index (χ2n) is 7.01. The van der Waals surface area contributed by atoms with Crippen LogP contribution in [0.25, 0.3) is 0 Å². The number of rotatable bonds is 5. The molecule has 0 aromatic heterocycles. The van der Waals surface area contributed by atoms with Gasteiger partial charge in [-0.3, -0.25) is 0 Å². The highest BCUT2D eigenvalue weighted by Crippen LogP contribution is 2.30. The van der Waals surface area contributed by atoms with E-state index in [2.05, 4.69) is 43.1 Å². The molecule has 0 aromatic carbocycles. The van der Waals surface area contributed by atoms with Crippen molar-refractivity contribution in [3.63, 3.8) is 0 Å². The monoisotopic (exact) mass is 267 g/mol. The summed E-state index contributed by atoms with van der Waals surface area (Å²) in [6.07, 6.45) is 5.56. The van der Waals surface area contributed by atoms with E-state index in [0.29, 0.717) is 0 Å². The zero-order valence-electron chi connectivity index (χ0n) is 13.4. The van der Waals surface area contributed by atoms with E-state index < -0.39 is 0 Å². The predicted molar refractivity (Wildman–Crippen MR) is 82.5 cm³/mol. The van der Waals surface area contributed by atoms with Crippen molar-refractivity contribution in [3.05, 3.63) is 0 Å². The molecule has 0 spiro atoms. The molecule has 4 unspecified atom stereocenters. The third-order valence-corrected chi connectivity index (χ3v) is 5.18. The number of nitrogens with one attached hydrogen (secondary N) is 1. The number of hydrogen-bond acceptors (Lipinski definition) is 3. The van der Waals surface area contributed by atoms with Crippen LogP contribution in [-0.4, -0.2) is 62.2 Å². The smallest absolute Gasteiger partial charge is 0.0229 e. The Morgan fingerprint density at radius 3 is 2.63 bits per heavy atom. The molecule has 2 aliphatic rings. The summed E-state index contributed by atoms with van der Waals surface area (Å²) in [4.78, 5) is 5.10. The molecule has 1 heterocycles. The molecule has 2 fully saturated rings. The summed E-state index contributed by atoms with van der Waals surface area (Å²) in [5.41, 5.74) is 0. The standard InChI is InChI=1S/C16H33N3/c1-5-17-16-7-6-13(2)10-14(16)11-19-9-8-15(12-19)18(3)4/h13-17H,5-12H2,1-4H3. The summed E-state index contributed by atoms with van der Waals surface area (Å²) < 4.78 is 0. The molecule has 4 atom stereocenters. The van der Waals surface area contributed by atoms with Crippen molar-refractivity contribution in [3.8, 4) is 0 Å². The van der Waals surface area contributed by atoms with E-state index >= 15 is 0 Å². The topological polar surface area (TPSA) is 18.5 Å². The largest absolute Gasteiger partial charge is 0.314 e. The minimum atomic E-state index is 0.764. The average Bonchev–Trinajstić information content (AvgIpc) is 2.81. The van der Waals surface area contributed by atoms with Gasteiger partial charge >= 0.3 is 0 Å². The first kappa shape index (κ1) is 15.3. The zero-order chi connectivity index (χ0) is 13.8. The van der Waals surface area contributed by atoms with Gasteiger partial charge in [0.25, 0.3) is 0 Å². The first-order valence-corrected chi connectivity index (χ1v) is 8.22. The summed E-state index contributed by atoms with van der Waals surface area (Å²) in [6, 6.07) is 1.54. The van der Waals surface area contributed by atoms with Crippen LogP contribution in [0.2, 0.25) is 0 Å². The van der Waals surface area contributed by atoms with E-state index in [1.54, 1.807) is 0 Å². The van der Waals surface area contributed by atoms with Gasteiger partial charge < -0.3 is 15.1 Å². The molecule has 19 heavy (non-hydrogen) atoms. The van der Waals surface area contributed by atoms with Crippen molar-refractivity contribution >= 4 is 0 Å². The van der Waals surface area contributed by atoms with Crippen molar-refractivity contribution in [2.24, 2.45) is 11.8 Å². The van der Waals surface area contributed by atoms with E-state index in [1.807, 2.05) is 0 Å². The first-order valence-electron chi connectivity index (χ1n) is 8.22. The quantitative estimate of drug-likeness (QED) is 0.822. The second-order valence-corrected chi connectivity index (χ2v) is 7.01. The van der Waals surface area contributed by atoms with Gasteiger partial charge in [0.15, 0.2) is 0 Å². The Morgan fingerprint density at radius 2 is 2.00 bits per heavy atom. The van der Waals surface area contributed by atoms with E-state index in [-0.39, 0.29) is 0 Å². The Kier molecular flexibility index (Phi) is 5.67. The van der Waals surface area contributed by atoms with Crippen LogP contribution in [0, 0.1) is 11.8 Å². The van der Waals surface area contributed by atoms with E-state index in [9.17, 15) is 0 Å². The summed E-state index contributed by atoms with van der Waals surface area (Å²) in [5, 5.41) is 3.73. The van der Waals surface area contributed by atoms with Crippen LogP contribution in [0.5, 0.6) is 0 Å². The number of likely N-dealkylation sites (tertiary alicyclic amines) is 1. The Hall–Kier alpha value is -0.120. The predicted octanol–water partition coefficient (Wildman–Crippen LogP) is 2.04. The molecule has 0 radical (unpaired) electrons. The van der Waals surface area contributed by atoms with Crippen LogP contribution in [0.15, 0.2) is 0 Å². The number of likely N-dealkylation sites (N-methyl/N-ethyl adjacent to an activating group) is 1. The molecule has 112 valence electrons. The lowest BCUT2D eigenvalue weighted by atomic mass is 9.78. The fraction of sp³-hybridized carbons (Fsp3) is 1.00. The van der Waals surface area contributed by atoms with Crippen molar-refractivity contribution in [1.82, 2.24) is 15.1 Å². The van der Waals surface area contributed by atoms with E-state index in [1.165, 1.54) is 45.3 Å². The molecule has 1 aliphatic carbocycles. The maximum atomic E-state index is 3.73. The van der Waals surface area contributed by atoms with Gasteiger partial charge in [0.05, 0.1) is 0 Å². The fourth-order valence-electron chi connectivity index (χ4n) is 3.96. The minimum Gasteiger partial charge on any atom is -0.314 e. The molecule has 0 amide bonds. The van der Waals surface area contributed by atoms with Gasteiger partial charge in [-0.25, -0.2) is 0 Å². The van der Waals surface area contributed by atoms with Crippen molar-refractivity contribution < 1.29 is 0 Å². The molecule has 3 heteroatoms. The van der Waals surface area contributed by atoms with Gasteiger partial charge in [-0.1, -0.05) is 13.8 Å². The number of nitrogens with zero attached hydrogens (tertiary/aromatic N) is 2. The Morgan fingerprint density at radius 1 is 1.21 bits per heavy atom. The van der Waals surface area contributed by atoms with Gasteiger partial charge in [0, 0.05) is 25.2 Å². The summed E-state index contributed by atoms with van der Waals surface area (Å²) in [6.45, 7) is 9.68. The van der Waals surface area contributed by atoms with Crippen molar-refractivity contribution in [1.29, 1.82) is 0 Å². The summed E-state index contributed by atoms with van der Waals surface area (Å²) >= 11 is 0. The Balaban J connectivity index is 1.85. The molecule has 1 saturated carbocycles. The summed E-state index contributed by atoms with van der Waals surface area (Å²) in [7, 11) is 4.44. The minimum absolute atomic E-state index is 0.764. The molecular formula is C16H33N3. The van der Waals surface area contributed by atoms with E-state index in [0.717, 1.165) is 30.5 Å². The Bertz CT molecular complexity index is 267. The van der Waals surface area contributed by atoms with Gasteiger partial charge in [-0.2, -0.15) is 0 Å². The van der Waals surface area contributed by atoms with Gasteiger partial charge in [-0.05, 0) is 64.7 Å². The fourth-order valence-corrected chi connectivity index (χ4v) is 3.96. The molecule has 1 aliphatic heterocycles. The van der Waals surface area contributed by atoms with Crippen LogP contribution in [0.4, 0.5) is 0 Å². The SMILES string of the molecule is CCNC1CCC(C)CC1CN1CCC(N(C)C)C1. The zero-order valence-corrected chi connectivity index (χ0v) is 13.4. The first-order chi connectivity index (χ1) is 9.10. The maximum absolute atomic E-state index is 3.73. The van der Waals surface area contributed by atoms with Crippen LogP contribution < -0.4 is 5.32 Å². The lowest BCUT2D eigenvalue weighted by molar-refractivity contribution is 0.155. The highest BCUT2D eigenvalue weighted by atomic mass is 15.2. The molecule has 2 rings (SSSR count). The van der Waals surface area contributed by atoms with Crippen molar-refractivity contribution in [2.45, 2.75) is 51.6 Å². The van der Waals surface area contributed by atoms with Crippen LogP contribution in [0.3, 0.4) is 0 Å². The lowest BCUT2D eigenvalue weighted by Gasteiger charge is -2.37. The third-order valence-electron chi connectivity index (χ3n) is 5.18. The maximum Gasteiger partial charge on any atom is 0.0229 e. The average molecular weight is 267 g/mol. The van der Waals surface area contributed by atoms with Crippen molar-refractivity contribution in [2.75, 3.05) is 40.3 Å². The highest BCUT2D eigenvalue weighted by Gasteiger charge is 2.32. The van der Waals surface area contributed by atoms with Crippen LogP contribution in [-0.2, 0) is 0 Å². The van der Waals surface area contributed by atoms with Gasteiger partial charge in [0.2, 0.25) is 0 Å². The molecule has 3 nitrogen and oxygen atoms in total. The van der Waals surface area contributed by atoms with Crippen LogP contribution in [0.1, 0.15) is 39.5 Å². The summed E-state index contributed by atoms with van der Waals surface area (Å²) in [5.74, 6) is 1.79. The number of hydrogen-bond donors (Lipinski definition) is 1. The highest BCUT2D eigenvalue weighted by molar-refractivity contribution is 4.88. The Labute approximate surface area is 119 Å². The van der Waals surface area contributed by atoms with E-state index in [4.69, 9.17) is 0 Å². The van der Waals surface area contributed by atoms with Crippen LogP contribution >= 0.6 is 0 Å². The molecule has 1 saturated heterocycles.